The molecule has 0 saturated carbocycles. The van der Waals surface area contributed by atoms with E-state index >= 15 is 0 Å². The number of hydrogen-bond acceptors (Lipinski definition) is 5. The monoisotopic (exact) mass is 325 g/mol. The number of aliphatic hydroxyl groups excluding tert-OH is 1. The highest BCUT2D eigenvalue weighted by atomic mass is 16.5. The number of rotatable bonds is 8. The smallest absolute Gasteiger partial charge is 0.0658 e. The highest BCUT2D eigenvalue weighted by molar-refractivity contribution is 5.27. The van der Waals surface area contributed by atoms with Gasteiger partial charge in [0.25, 0.3) is 0 Å². The van der Waals surface area contributed by atoms with Crippen molar-refractivity contribution in [2.45, 2.75) is 46.2 Å². The number of ether oxygens (including phenoxy) is 2. The molecule has 0 bridgehead atoms. The van der Waals surface area contributed by atoms with Crippen molar-refractivity contribution in [3.8, 4) is 0 Å². The van der Waals surface area contributed by atoms with E-state index in [2.05, 4.69) is 31.2 Å². The Kier molecular flexibility index (Phi) is 6.59. The molecule has 6 heteroatoms. The Bertz CT molecular complexity index is 496. The summed E-state index contributed by atoms with van der Waals surface area (Å²) in [5, 5.41) is 18.0. The molecule has 6 nitrogen and oxygen atoms in total. The maximum atomic E-state index is 9.81. The van der Waals surface area contributed by atoms with Gasteiger partial charge in [-0.15, -0.1) is 0 Å². The lowest BCUT2D eigenvalue weighted by molar-refractivity contribution is -0.0163. The predicted octanol–water partition coefficient (Wildman–Crippen LogP) is 1.59. The van der Waals surface area contributed by atoms with Crippen LogP contribution in [-0.2, 0) is 16.0 Å². The average molecular weight is 325 g/mol. The van der Waals surface area contributed by atoms with Crippen molar-refractivity contribution in [1.29, 1.82) is 0 Å². The van der Waals surface area contributed by atoms with Crippen molar-refractivity contribution in [1.82, 2.24) is 15.1 Å². The lowest BCUT2D eigenvalue weighted by Crippen LogP contribution is -2.42. The van der Waals surface area contributed by atoms with E-state index < -0.39 is 0 Å². The molecule has 2 rings (SSSR count). The minimum Gasteiger partial charge on any atom is -0.396 e. The van der Waals surface area contributed by atoms with Gasteiger partial charge in [-0.2, -0.15) is 5.10 Å². The summed E-state index contributed by atoms with van der Waals surface area (Å²) < 4.78 is 12.6. The second kappa shape index (κ2) is 8.24. The largest absolute Gasteiger partial charge is 0.396 e. The third-order valence-corrected chi connectivity index (χ3v) is 5.05. The molecule has 1 atom stereocenters. The Morgan fingerprint density at radius 1 is 1.39 bits per heavy atom. The van der Waals surface area contributed by atoms with Gasteiger partial charge in [-0.25, -0.2) is 0 Å². The molecule has 1 aromatic rings. The summed E-state index contributed by atoms with van der Waals surface area (Å²) in [6, 6.07) is 0.206. The summed E-state index contributed by atoms with van der Waals surface area (Å²) in [5.41, 5.74) is 3.44. The quantitative estimate of drug-likeness (QED) is 0.760. The van der Waals surface area contributed by atoms with Gasteiger partial charge in [-0.05, 0) is 33.6 Å². The molecule has 1 aliphatic rings. The van der Waals surface area contributed by atoms with E-state index in [1.54, 1.807) is 7.11 Å². The zero-order valence-corrected chi connectivity index (χ0v) is 14.9. The molecule has 0 aliphatic carbocycles. The van der Waals surface area contributed by atoms with Crippen LogP contribution in [0.15, 0.2) is 0 Å². The highest BCUT2D eigenvalue weighted by Gasteiger charge is 2.32. The number of nitrogens with zero attached hydrogens (tertiary/aromatic N) is 2. The molecule has 0 aromatic carbocycles. The summed E-state index contributed by atoms with van der Waals surface area (Å²) in [4.78, 5) is 0. The lowest BCUT2D eigenvalue weighted by Gasteiger charge is -2.36. The molecule has 23 heavy (non-hydrogen) atoms. The van der Waals surface area contributed by atoms with Crippen LogP contribution < -0.4 is 5.32 Å². The summed E-state index contributed by atoms with van der Waals surface area (Å²) >= 11 is 0. The van der Waals surface area contributed by atoms with Crippen molar-refractivity contribution < 1.29 is 14.6 Å². The molecule has 1 aromatic heterocycles. The number of nitrogens with one attached hydrogen (secondary N) is 1. The molecule has 2 N–H and O–H groups in total. The first-order chi connectivity index (χ1) is 11.0. The standard InChI is InChI=1S/C17H31N3O3/c1-13(18-11-17(12-21)5-8-23-9-6-17)16-14(2)19-20(15(16)3)7-10-22-4/h13,18,21H,5-12H2,1-4H3. The third kappa shape index (κ3) is 4.32. The van der Waals surface area contributed by atoms with Crippen LogP contribution in [0.3, 0.4) is 0 Å². The first-order valence-electron chi connectivity index (χ1n) is 8.48. The van der Waals surface area contributed by atoms with Crippen molar-refractivity contribution >= 4 is 0 Å². The topological polar surface area (TPSA) is 68.5 Å². The number of aryl methyl sites for hydroxylation is 1. The molecule has 1 saturated heterocycles. The summed E-state index contributed by atoms with van der Waals surface area (Å²) in [6.07, 6.45) is 1.82. The van der Waals surface area contributed by atoms with E-state index in [0.29, 0.717) is 6.61 Å². The van der Waals surface area contributed by atoms with Gasteiger partial charge < -0.3 is 19.9 Å². The van der Waals surface area contributed by atoms with E-state index in [1.165, 1.54) is 11.3 Å². The number of aromatic nitrogens is 2. The summed E-state index contributed by atoms with van der Waals surface area (Å²) in [5.74, 6) is 0. The molecular formula is C17H31N3O3. The van der Waals surface area contributed by atoms with Gasteiger partial charge in [0.15, 0.2) is 0 Å². The van der Waals surface area contributed by atoms with Crippen molar-refractivity contribution in [3.63, 3.8) is 0 Å². The Morgan fingerprint density at radius 2 is 2.09 bits per heavy atom. The lowest BCUT2D eigenvalue weighted by atomic mass is 9.80. The molecule has 0 amide bonds. The Morgan fingerprint density at radius 3 is 2.70 bits per heavy atom. The zero-order chi connectivity index (χ0) is 16.9. The van der Waals surface area contributed by atoms with Gasteiger partial charge in [0.05, 0.1) is 25.5 Å². The first kappa shape index (κ1) is 18.4. The minimum absolute atomic E-state index is 0.0552. The normalized spacial score (nSPS) is 19.0. The van der Waals surface area contributed by atoms with Gasteiger partial charge in [0.2, 0.25) is 0 Å². The fourth-order valence-corrected chi connectivity index (χ4v) is 3.40. The number of methoxy groups -OCH3 is 1. The SMILES string of the molecule is COCCn1nc(C)c(C(C)NCC2(CO)CCOCC2)c1C. The maximum absolute atomic E-state index is 9.81. The molecule has 1 unspecified atom stereocenters. The molecule has 0 radical (unpaired) electrons. The second-order valence-corrected chi connectivity index (χ2v) is 6.67. The van der Waals surface area contributed by atoms with E-state index in [9.17, 15) is 5.11 Å². The maximum Gasteiger partial charge on any atom is 0.0658 e. The van der Waals surface area contributed by atoms with Crippen LogP contribution in [0.1, 0.15) is 42.8 Å². The van der Waals surface area contributed by atoms with Crippen LogP contribution in [0, 0.1) is 19.3 Å². The van der Waals surface area contributed by atoms with E-state index in [0.717, 1.165) is 44.8 Å². The fraction of sp³-hybridized carbons (Fsp3) is 0.824. The summed E-state index contributed by atoms with van der Waals surface area (Å²) in [7, 11) is 1.71. The van der Waals surface area contributed by atoms with Gasteiger partial charge in [0.1, 0.15) is 0 Å². The molecule has 0 spiro atoms. The number of hydrogen-bond donors (Lipinski definition) is 2. The minimum atomic E-state index is -0.0552. The van der Waals surface area contributed by atoms with E-state index in [1.807, 2.05) is 4.68 Å². The first-order valence-corrected chi connectivity index (χ1v) is 8.48. The highest BCUT2D eigenvalue weighted by Crippen LogP contribution is 2.30. The van der Waals surface area contributed by atoms with Crippen LogP contribution >= 0.6 is 0 Å². The zero-order valence-electron chi connectivity index (χ0n) is 14.9. The molecule has 1 fully saturated rings. The van der Waals surface area contributed by atoms with Gasteiger partial charge >= 0.3 is 0 Å². The molecular weight excluding hydrogens is 294 g/mol. The molecule has 132 valence electrons. The van der Waals surface area contributed by atoms with Gasteiger partial charge in [-0.3, -0.25) is 4.68 Å². The van der Waals surface area contributed by atoms with Crippen LogP contribution in [0.2, 0.25) is 0 Å². The van der Waals surface area contributed by atoms with Crippen LogP contribution in [-0.4, -0.2) is 55.0 Å². The van der Waals surface area contributed by atoms with Crippen LogP contribution in [0.5, 0.6) is 0 Å². The Labute approximate surface area is 139 Å². The van der Waals surface area contributed by atoms with Crippen LogP contribution in [0.25, 0.3) is 0 Å². The Balaban J connectivity index is 2.02. The number of aliphatic hydroxyl groups is 1. The van der Waals surface area contributed by atoms with Crippen molar-refractivity contribution in [2.75, 3.05) is 40.1 Å². The molecule has 1 aliphatic heterocycles. The third-order valence-electron chi connectivity index (χ3n) is 5.05. The van der Waals surface area contributed by atoms with Gasteiger partial charge in [-0.1, -0.05) is 0 Å². The second-order valence-electron chi connectivity index (χ2n) is 6.67. The van der Waals surface area contributed by atoms with E-state index in [-0.39, 0.29) is 18.1 Å². The summed E-state index contributed by atoms with van der Waals surface area (Å²) in [6.45, 7) is 10.3. The average Bonchev–Trinajstić information content (AvgIpc) is 2.85. The van der Waals surface area contributed by atoms with Gasteiger partial charge in [0, 0.05) is 49.6 Å². The predicted molar refractivity (Wildman–Crippen MR) is 89.6 cm³/mol. The molecule has 2 heterocycles. The Hall–Kier alpha value is -0.950. The van der Waals surface area contributed by atoms with Crippen LogP contribution in [0.4, 0.5) is 0 Å². The van der Waals surface area contributed by atoms with E-state index in [4.69, 9.17) is 9.47 Å². The van der Waals surface area contributed by atoms with Crippen molar-refractivity contribution in [2.24, 2.45) is 5.41 Å². The fourth-order valence-electron chi connectivity index (χ4n) is 3.40. The van der Waals surface area contributed by atoms with Crippen molar-refractivity contribution in [3.05, 3.63) is 17.0 Å².